The smallest absolute Gasteiger partial charge is 0.270 e. The molecule has 0 bridgehead atoms. The Morgan fingerprint density at radius 2 is 1.94 bits per heavy atom. The zero-order valence-corrected chi connectivity index (χ0v) is 17.1. The molecule has 0 unspecified atom stereocenters. The van der Waals surface area contributed by atoms with Crippen LogP contribution in [0.5, 0.6) is 11.6 Å². The molecule has 2 aromatic heterocycles. The first kappa shape index (κ1) is 20.7. The minimum atomic E-state index is -0.557. The molecule has 0 fully saturated rings. The van der Waals surface area contributed by atoms with Gasteiger partial charge >= 0.3 is 0 Å². The Labute approximate surface area is 187 Å². The molecule has 0 aliphatic heterocycles. The second kappa shape index (κ2) is 9.51. The van der Waals surface area contributed by atoms with E-state index < -0.39 is 5.56 Å². The van der Waals surface area contributed by atoms with Crippen molar-refractivity contribution in [2.45, 2.75) is 0 Å². The molecule has 9 nitrogen and oxygen atoms in total. The fraction of sp³-hybridized carbons (Fsp3) is 0. The number of hydrogen-bond donors (Lipinski definition) is 2. The summed E-state index contributed by atoms with van der Waals surface area (Å²) in [7, 11) is 0. The van der Waals surface area contributed by atoms with Crippen molar-refractivity contribution >= 4 is 23.8 Å². The summed E-state index contributed by atoms with van der Waals surface area (Å²) in [6.07, 6.45) is 1.53. The summed E-state index contributed by atoms with van der Waals surface area (Å²) in [6, 6.07) is 21.2. The molecular weight excluding hydrogens is 430 g/mol. The molecule has 2 aromatic carbocycles. The molecule has 32 heavy (non-hydrogen) atoms. The number of H-pyrrole nitrogens is 1. The van der Waals surface area contributed by atoms with Crippen molar-refractivity contribution in [3.05, 3.63) is 93.4 Å². The van der Waals surface area contributed by atoms with Gasteiger partial charge in [-0.1, -0.05) is 54.1 Å². The SMILES string of the molecule is N#Cc1c(-c2ccccc2)nc(NN=Cc2cccc(Oc3ccc(Cl)nn3)c2)[nH]c1=O. The average Bonchev–Trinajstić information content (AvgIpc) is 2.81. The van der Waals surface area contributed by atoms with E-state index in [9.17, 15) is 10.1 Å². The predicted molar refractivity (Wildman–Crippen MR) is 120 cm³/mol. The van der Waals surface area contributed by atoms with Crippen LogP contribution in [0.25, 0.3) is 11.3 Å². The Hall–Kier alpha value is -4.55. The third-order valence-corrected chi connectivity index (χ3v) is 4.35. The van der Waals surface area contributed by atoms with Crippen LogP contribution in [0.2, 0.25) is 5.15 Å². The first-order valence-electron chi connectivity index (χ1n) is 9.28. The van der Waals surface area contributed by atoms with Crippen LogP contribution < -0.4 is 15.7 Å². The fourth-order valence-corrected chi connectivity index (χ4v) is 2.84. The number of ether oxygens (including phenoxy) is 1. The van der Waals surface area contributed by atoms with E-state index in [-0.39, 0.29) is 22.4 Å². The summed E-state index contributed by atoms with van der Waals surface area (Å²) in [5.41, 5.74) is 3.70. The number of anilines is 1. The summed E-state index contributed by atoms with van der Waals surface area (Å²) >= 11 is 5.72. The van der Waals surface area contributed by atoms with Gasteiger partial charge in [0.15, 0.2) is 5.15 Å². The highest BCUT2D eigenvalue weighted by Crippen LogP contribution is 2.21. The second-order valence-corrected chi connectivity index (χ2v) is 6.74. The van der Waals surface area contributed by atoms with Crippen LogP contribution in [0.1, 0.15) is 11.1 Å². The summed E-state index contributed by atoms with van der Waals surface area (Å²) in [6.45, 7) is 0. The number of rotatable bonds is 6. The number of benzene rings is 2. The zero-order valence-electron chi connectivity index (χ0n) is 16.4. The molecule has 0 saturated carbocycles. The highest BCUT2D eigenvalue weighted by molar-refractivity contribution is 6.29. The van der Waals surface area contributed by atoms with E-state index in [1.165, 1.54) is 6.21 Å². The lowest BCUT2D eigenvalue weighted by Crippen LogP contribution is -2.16. The van der Waals surface area contributed by atoms with Gasteiger partial charge in [-0.3, -0.25) is 9.78 Å². The Morgan fingerprint density at radius 1 is 1.09 bits per heavy atom. The predicted octanol–water partition coefficient (Wildman–Crippen LogP) is 3.99. The number of hydrazone groups is 1. The van der Waals surface area contributed by atoms with Crippen molar-refractivity contribution in [1.82, 2.24) is 20.2 Å². The third-order valence-electron chi connectivity index (χ3n) is 4.15. The zero-order chi connectivity index (χ0) is 22.3. The number of aromatic nitrogens is 4. The van der Waals surface area contributed by atoms with E-state index in [2.05, 4.69) is 30.7 Å². The molecule has 0 amide bonds. The summed E-state index contributed by atoms with van der Waals surface area (Å²) in [5, 5.41) is 21.3. The molecule has 0 aliphatic rings. The molecule has 0 aliphatic carbocycles. The van der Waals surface area contributed by atoms with E-state index in [4.69, 9.17) is 16.3 Å². The minimum Gasteiger partial charge on any atom is -0.438 e. The molecule has 0 saturated heterocycles. The van der Waals surface area contributed by atoms with Gasteiger partial charge in [0.05, 0.1) is 11.9 Å². The molecule has 4 rings (SSSR count). The van der Waals surface area contributed by atoms with E-state index in [0.29, 0.717) is 17.2 Å². The van der Waals surface area contributed by atoms with E-state index >= 15 is 0 Å². The monoisotopic (exact) mass is 443 g/mol. The van der Waals surface area contributed by atoms with Crippen molar-refractivity contribution in [2.24, 2.45) is 5.10 Å². The summed E-state index contributed by atoms with van der Waals surface area (Å²) < 4.78 is 5.64. The minimum absolute atomic E-state index is 0.0686. The number of nitrogens with one attached hydrogen (secondary N) is 2. The van der Waals surface area contributed by atoms with Gasteiger partial charge in [0.1, 0.15) is 17.4 Å². The molecule has 0 atom stereocenters. The van der Waals surface area contributed by atoms with Gasteiger partial charge in [0, 0.05) is 11.6 Å². The van der Waals surface area contributed by atoms with Crippen molar-refractivity contribution in [3.8, 4) is 29.0 Å². The van der Waals surface area contributed by atoms with Crippen molar-refractivity contribution in [2.75, 3.05) is 5.43 Å². The van der Waals surface area contributed by atoms with E-state index in [1.54, 1.807) is 54.6 Å². The number of nitrogens with zero attached hydrogens (tertiary/aromatic N) is 5. The lowest BCUT2D eigenvalue weighted by atomic mass is 10.1. The van der Waals surface area contributed by atoms with Crippen LogP contribution in [-0.4, -0.2) is 26.4 Å². The molecule has 2 heterocycles. The van der Waals surface area contributed by atoms with E-state index in [0.717, 1.165) is 5.56 Å². The summed E-state index contributed by atoms with van der Waals surface area (Å²) in [4.78, 5) is 19.1. The first-order chi connectivity index (χ1) is 15.6. The maximum Gasteiger partial charge on any atom is 0.270 e. The number of halogens is 1. The topological polar surface area (TPSA) is 129 Å². The first-order valence-corrected chi connectivity index (χ1v) is 9.66. The van der Waals surface area contributed by atoms with Crippen LogP contribution in [0.4, 0.5) is 5.95 Å². The van der Waals surface area contributed by atoms with Gasteiger partial charge in [-0.2, -0.15) is 10.4 Å². The molecule has 0 spiro atoms. The van der Waals surface area contributed by atoms with E-state index in [1.807, 2.05) is 18.2 Å². The lowest BCUT2D eigenvalue weighted by Gasteiger charge is -2.06. The largest absolute Gasteiger partial charge is 0.438 e. The normalized spacial score (nSPS) is 10.6. The second-order valence-electron chi connectivity index (χ2n) is 6.35. The quantitative estimate of drug-likeness (QED) is 0.340. The van der Waals surface area contributed by atoms with Crippen LogP contribution in [0, 0.1) is 11.3 Å². The Balaban J connectivity index is 1.52. The average molecular weight is 444 g/mol. The number of aromatic amines is 1. The molecular formula is C22H14ClN7O2. The fourth-order valence-electron chi connectivity index (χ4n) is 2.74. The van der Waals surface area contributed by atoms with Crippen molar-refractivity contribution in [3.63, 3.8) is 0 Å². The Bertz CT molecular complexity index is 1360. The molecule has 10 heteroatoms. The van der Waals surface area contributed by atoms with Crippen LogP contribution >= 0.6 is 11.6 Å². The maximum absolute atomic E-state index is 12.3. The summed E-state index contributed by atoms with van der Waals surface area (Å²) in [5.74, 6) is 0.934. The molecule has 4 aromatic rings. The third kappa shape index (κ3) is 4.95. The van der Waals surface area contributed by atoms with Crippen molar-refractivity contribution < 1.29 is 4.74 Å². The highest BCUT2D eigenvalue weighted by atomic mass is 35.5. The number of hydrogen-bond acceptors (Lipinski definition) is 8. The van der Waals surface area contributed by atoms with Gasteiger partial charge < -0.3 is 4.74 Å². The van der Waals surface area contributed by atoms with Crippen molar-refractivity contribution in [1.29, 1.82) is 5.26 Å². The van der Waals surface area contributed by atoms with Gasteiger partial charge in [0.2, 0.25) is 11.8 Å². The van der Waals surface area contributed by atoms with Gasteiger partial charge in [0.25, 0.3) is 5.56 Å². The van der Waals surface area contributed by atoms with Crippen LogP contribution in [0.15, 0.2) is 76.6 Å². The Morgan fingerprint density at radius 3 is 2.69 bits per heavy atom. The van der Waals surface area contributed by atoms with Gasteiger partial charge in [-0.15, -0.1) is 10.2 Å². The molecule has 2 N–H and O–H groups in total. The van der Waals surface area contributed by atoms with Crippen LogP contribution in [0.3, 0.4) is 0 Å². The van der Waals surface area contributed by atoms with Crippen LogP contribution in [-0.2, 0) is 0 Å². The maximum atomic E-state index is 12.3. The van der Waals surface area contributed by atoms with Gasteiger partial charge in [-0.25, -0.2) is 10.4 Å². The lowest BCUT2D eigenvalue weighted by molar-refractivity contribution is 0.455. The molecule has 0 radical (unpaired) electrons. The standard InChI is InChI=1S/C22H14ClN7O2/c23-18-9-10-19(29-28-18)32-16-8-4-5-14(11-16)13-25-30-22-26-20(15-6-2-1-3-7-15)17(12-24)21(31)27-22/h1-11,13H,(H2,26,27,30,31). The highest BCUT2D eigenvalue weighted by Gasteiger charge is 2.12. The molecule has 156 valence electrons. The Kier molecular flexibility index (Phi) is 6.15. The van der Waals surface area contributed by atoms with Gasteiger partial charge in [-0.05, 0) is 23.8 Å². The number of nitriles is 1.